The summed E-state index contributed by atoms with van der Waals surface area (Å²) < 4.78 is 14.4. The zero-order valence-corrected chi connectivity index (χ0v) is 22.3. The molecule has 200 valence electrons. The largest absolute Gasteiger partial charge is 0.326 e. The summed E-state index contributed by atoms with van der Waals surface area (Å²) in [5.41, 5.74) is 3.54. The number of pyridine rings is 1. The molecule has 39 heavy (non-hydrogen) atoms. The van der Waals surface area contributed by atoms with Crippen LogP contribution < -0.4 is 10.6 Å². The molecule has 2 N–H and O–H groups in total. The molecule has 3 amide bonds. The SMILES string of the molecule is Cc1ccc([C@@H]2CCC(C)(C)C(=O)N2CC(=O)Nc2ccc3c(c2)CC2(C3)C(=O)Nc3ncccc32)cc1F. The number of piperidine rings is 1. The van der Waals surface area contributed by atoms with Crippen LogP contribution in [0.1, 0.15) is 60.5 Å². The number of nitrogens with one attached hydrogen (secondary N) is 2. The minimum atomic E-state index is -0.684. The van der Waals surface area contributed by atoms with Crippen molar-refractivity contribution < 1.29 is 18.8 Å². The average Bonchev–Trinajstić information content (AvgIpc) is 3.41. The molecule has 2 aliphatic heterocycles. The summed E-state index contributed by atoms with van der Waals surface area (Å²) in [6.07, 6.45) is 4.07. The first-order valence-corrected chi connectivity index (χ1v) is 13.3. The van der Waals surface area contributed by atoms with Gasteiger partial charge < -0.3 is 15.5 Å². The second-order valence-corrected chi connectivity index (χ2v) is 11.7. The van der Waals surface area contributed by atoms with Crippen molar-refractivity contribution in [1.29, 1.82) is 0 Å². The molecule has 0 radical (unpaired) electrons. The zero-order chi connectivity index (χ0) is 27.5. The van der Waals surface area contributed by atoms with E-state index in [0.29, 0.717) is 48.3 Å². The van der Waals surface area contributed by atoms with Gasteiger partial charge in [0.25, 0.3) is 0 Å². The third kappa shape index (κ3) is 4.18. The maximum atomic E-state index is 14.4. The topological polar surface area (TPSA) is 91.4 Å². The van der Waals surface area contributed by atoms with E-state index in [1.807, 2.05) is 50.2 Å². The van der Waals surface area contributed by atoms with Gasteiger partial charge in [0.2, 0.25) is 17.7 Å². The molecule has 6 rings (SSSR count). The van der Waals surface area contributed by atoms with Crippen LogP contribution in [0.15, 0.2) is 54.7 Å². The van der Waals surface area contributed by atoms with E-state index in [2.05, 4.69) is 15.6 Å². The summed E-state index contributed by atoms with van der Waals surface area (Å²) in [6.45, 7) is 5.34. The number of anilines is 2. The van der Waals surface area contributed by atoms with Crippen LogP contribution in [0, 0.1) is 18.2 Å². The number of nitrogens with zero attached hydrogens (tertiary/aromatic N) is 2. The average molecular weight is 527 g/mol. The molecule has 2 atom stereocenters. The smallest absolute Gasteiger partial charge is 0.244 e. The Hall–Kier alpha value is -4.07. The number of carbonyl (C=O) groups is 3. The Kier molecular flexibility index (Phi) is 5.82. The Balaban J connectivity index is 1.21. The Morgan fingerprint density at radius 2 is 1.92 bits per heavy atom. The number of carbonyl (C=O) groups excluding carboxylic acids is 3. The zero-order valence-electron chi connectivity index (χ0n) is 22.3. The summed E-state index contributed by atoms with van der Waals surface area (Å²) >= 11 is 0. The van der Waals surface area contributed by atoms with Crippen LogP contribution in [-0.2, 0) is 32.6 Å². The highest BCUT2D eigenvalue weighted by Gasteiger charge is 2.51. The molecule has 3 heterocycles. The van der Waals surface area contributed by atoms with Crippen molar-refractivity contribution in [2.45, 2.75) is 57.9 Å². The van der Waals surface area contributed by atoms with Crippen LogP contribution in [0.5, 0.6) is 0 Å². The highest BCUT2D eigenvalue weighted by molar-refractivity contribution is 6.06. The quantitative estimate of drug-likeness (QED) is 0.509. The van der Waals surface area contributed by atoms with Gasteiger partial charge in [0.1, 0.15) is 18.2 Å². The summed E-state index contributed by atoms with van der Waals surface area (Å²) in [5.74, 6) is -0.201. The first kappa shape index (κ1) is 25.2. The Morgan fingerprint density at radius 3 is 2.72 bits per heavy atom. The number of benzene rings is 2. The molecule has 3 aliphatic rings. The van der Waals surface area contributed by atoms with Gasteiger partial charge >= 0.3 is 0 Å². The van der Waals surface area contributed by atoms with Gasteiger partial charge in [-0.3, -0.25) is 14.4 Å². The molecule has 0 saturated carbocycles. The van der Waals surface area contributed by atoms with Crippen molar-refractivity contribution in [3.63, 3.8) is 0 Å². The van der Waals surface area contributed by atoms with E-state index in [1.54, 1.807) is 24.1 Å². The number of aromatic nitrogens is 1. The lowest BCUT2D eigenvalue weighted by Crippen LogP contribution is -2.50. The highest BCUT2D eigenvalue weighted by Crippen LogP contribution is 2.47. The van der Waals surface area contributed by atoms with E-state index in [4.69, 9.17) is 0 Å². The Bertz CT molecular complexity index is 1530. The van der Waals surface area contributed by atoms with E-state index in [9.17, 15) is 18.8 Å². The van der Waals surface area contributed by atoms with E-state index in [-0.39, 0.29) is 36.1 Å². The number of halogens is 1. The number of hydrogen-bond acceptors (Lipinski definition) is 4. The van der Waals surface area contributed by atoms with Gasteiger partial charge in [-0.1, -0.05) is 38.1 Å². The second-order valence-electron chi connectivity index (χ2n) is 11.7. The fraction of sp³-hybridized carbons (Fsp3) is 0.355. The summed E-state index contributed by atoms with van der Waals surface area (Å²) in [6, 6.07) is 14.1. The molecule has 2 aromatic carbocycles. The molecular formula is C31H31FN4O3. The Labute approximate surface area is 226 Å². The van der Waals surface area contributed by atoms with E-state index in [0.717, 1.165) is 16.7 Å². The third-order valence-electron chi connectivity index (χ3n) is 8.62. The van der Waals surface area contributed by atoms with Crippen LogP contribution in [-0.4, -0.2) is 34.2 Å². The molecule has 1 aromatic heterocycles. The maximum Gasteiger partial charge on any atom is 0.244 e. The number of fused-ring (bicyclic) bond motifs is 3. The van der Waals surface area contributed by atoms with Crippen LogP contribution in [0.4, 0.5) is 15.9 Å². The Morgan fingerprint density at radius 1 is 1.13 bits per heavy atom. The summed E-state index contributed by atoms with van der Waals surface area (Å²) in [7, 11) is 0. The molecule has 7 nitrogen and oxygen atoms in total. The molecule has 1 aliphatic carbocycles. The molecular weight excluding hydrogens is 495 g/mol. The molecule has 0 bridgehead atoms. The molecule has 8 heteroatoms. The molecule has 3 aromatic rings. The van der Waals surface area contributed by atoms with Crippen LogP contribution in [0.2, 0.25) is 0 Å². The van der Waals surface area contributed by atoms with Crippen molar-refractivity contribution >= 4 is 29.2 Å². The summed E-state index contributed by atoms with van der Waals surface area (Å²) in [4.78, 5) is 45.6. The third-order valence-corrected chi connectivity index (χ3v) is 8.62. The lowest BCUT2D eigenvalue weighted by atomic mass is 9.78. The van der Waals surface area contributed by atoms with Gasteiger partial charge in [-0.05, 0) is 79.1 Å². The monoisotopic (exact) mass is 526 g/mol. The van der Waals surface area contributed by atoms with Crippen molar-refractivity contribution in [2.24, 2.45) is 5.41 Å². The predicted molar refractivity (Wildman–Crippen MR) is 146 cm³/mol. The number of aryl methyl sites for hydroxylation is 1. The molecule has 1 fully saturated rings. The van der Waals surface area contributed by atoms with Crippen LogP contribution in [0.3, 0.4) is 0 Å². The van der Waals surface area contributed by atoms with Crippen molar-refractivity contribution in [3.8, 4) is 0 Å². The molecule has 1 spiro atoms. The maximum absolute atomic E-state index is 14.4. The molecule has 1 unspecified atom stereocenters. The fourth-order valence-corrected chi connectivity index (χ4v) is 6.34. The predicted octanol–water partition coefficient (Wildman–Crippen LogP) is 4.85. The van der Waals surface area contributed by atoms with E-state index < -0.39 is 10.8 Å². The van der Waals surface area contributed by atoms with Gasteiger partial charge in [-0.2, -0.15) is 0 Å². The van der Waals surface area contributed by atoms with Gasteiger partial charge in [0.05, 0.1) is 11.5 Å². The standard InChI is InChI=1S/C31H31FN4O3/c1-18-6-7-19(14-24(18)32)25-10-11-30(2,3)29(39)36(25)17-26(37)34-22-9-8-20-15-31(16-21(20)13-22)23-5-4-12-33-27(23)35-28(31)38/h4-9,12-14,25H,10-11,15-17H2,1-3H3,(H,34,37)(H,33,35,38)/t25-,31?/m0/s1. The second kappa shape index (κ2) is 9.00. The lowest BCUT2D eigenvalue weighted by molar-refractivity contribution is -0.150. The van der Waals surface area contributed by atoms with Gasteiger partial charge in [0, 0.05) is 22.9 Å². The summed E-state index contributed by atoms with van der Waals surface area (Å²) in [5, 5.41) is 5.86. The number of hydrogen-bond donors (Lipinski definition) is 2. The van der Waals surface area contributed by atoms with Gasteiger partial charge in [0.15, 0.2) is 0 Å². The minimum absolute atomic E-state index is 0.0530. The van der Waals surface area contributed by atoms with Gasteiger partial charge in [-0.25, -0.2) is 9.37 Å². The molecule has 1 saturated heterocycles. The van der Waals surface area contributed by atoms with Gasteiger partial charge in [-0.15, -0.1) is 0 Å². The first-order valence-electron chi connectivity index (χ1n) is 13.3. The first-order chi connectivity index (χ1) is 18.6. The number of likely N-dealkylation sites (tertiary alicyclic amines) is 1. The van der Waals surface area contributed by atoms with Crippen molar-refractivity contribution in [1.82, 2.24) is 9.88 Å². The van der Waals surface area contributed by atoms with Crippen LogP contribution in [0.25, 0.3) is 0 Å². The normalized spacial score (nSPS) is 23.0. The number of rotatable bonds is 4. The van der Waals surface area contributed by atoms with Crippen molar-refractivity contribution in [3.05, 3.63) is 88.4 Å². The van der Waals surface area contributed by atoms with Crippen molar-refractivity contribution in [2.75, 3.05) is 17.2 Å². The number of amides is 3. The minimum Gasteiger partial charge on any atom is -0.326 e. The highest BCUT2D eigenvalue weighted by atomic mass is 19.1. The van der Waals surface area contributed by atoms with E-state index >= 15 is 0 Å². The lowest BCUT2D eigenvalue weighted by Gasteiger charge is -2.43. The fourth-order valence-electron chi connectivity index (χ4n) is 6.34. The van der Waals surface area contributed by atoms with E-state index in [1.165, 1.54) is 6.07 Å². The van der Waals surface area contributed by atoms with Crippen LogP contribution >= 0.6 is 0 Å².